The maximum absolute atomic E-state index is 12.8. The van der Waals surface area contributed by atoms with Gasteiger partial charge in [0, 0.05) is 23.9 Å². The second kappa shape index (κ2) is 9.61. The summed E-state index contributed by atoms with van der Waals surface area (Å²) in [4.78, 5) is 13.0. The van der Waals surface area contributed by atoms with Crippen LogP contribution in [-0.2, 0) is 16.6 Å². The van der Waals surface area contributed by atoms with Crippen LogP contribution in [0.15, 0.2) is 102 Å². The molecule has 0 atom stereocenters. The first-order chi connectivity index (χ1) is 17.0. The molecular formula is C27H22N2O5S. The van der Waals surface area contributed by atoms with Crippen LogP contribution < -0.4 is 19.5 Å². The van der Waals surface area contributed by atoms with Crippen molar-refractivity contribution in [2.45, 2.75) is 11.4 Å². The summed E-state index contributed by atoms with van der Waals surface area (Å²) in [6.07, 6.45) is 0. The van der Waals surface area contributed by atoms with Crippen LogP contribution >= 0.6 is 0 Å². The van der Waals surface area contributed by atoms with E-state index in [-0.39, 0.29) is 24.1 Å². The Kier molecular flexibility index (Phi) is 6.22. The average Bonchev–Trinajstić information content (AvgIpc) is 3.36. The Morgan fingerprint density at radius 2 is 1.54 bits per heavy atom. The normalized spacial score (nSPS) is 12.3. The van der Waals surface area contributed by atoms with E-state index in [1.165, 1.54) is 0 Å². The van der Waals surface area contributed by atoms with Crippen molar-refractivity contribution in [2.75, 3.05) is 12.1 Å². The molecule has 0 unspecified atom stereocenters. The SMILES string of the molecule is O=C(Nc1ccc2c(c1)OCO2)c1cccc(-c2ccc(S(=O)(=O)NCc3ccccc3)cc2)c1. The number of ether oxygens (including phenoxy) is 2. The number of hydrogen-bond acceptors (Lipinski definition) is 5. The Morgan fingerprint density at radius 1 is 0.771 bits per heavy atom. The lowest BCUT2D eigenvalue weighted by atomic mass is 10.0. The third-order valence-corrected chi connectivity index (χ3v) is 6.98. The fourth-order valence-electron chi connectivity index (χ4n) is 3.70. The smallest absolute Gasteiger partial charge is 0.255 e. The summed E-state index contributed by atoms with van der Waals surface area (Å²) < 4.78 is 38.6. The standard InChI is InChI=1S/C27H22N2O5S/c30-27(29-23-11-14-25-26(16-23)34-18-33-25)22-8-4-7-21(15-22)20-9-12-24(13-10-20)35(31,32)28-17-19-5-2-1-3-6-19/h1-16,28H,17-18H2,(H,29,30). The fourth-order valence-corrected chi connectivity index (χ4v) is 4.72. The molecule has 0 saturated heterocycles. The fraction of sp³-hybridized carbons (Fsp3) is 0.0741. The number of hydrogen-bond donors (Lipinski definition) is 2. The Balaban J connectivity index is 1.28. The molecule has 4 aromatic carbocycles. The molecule has 4 aromatic rings. The van der Waals surface area contributed by atoms with Gasteiger partial charge in [0.2, 0.25) is 16.8 Å². The van der Waals surface area contributed by atoms with Crippen LogP contribution in [-0.4, -0.2) is 21.1 Å². The van der Waals surface area contributed by atoms with Gasteiger partial charge in [-0.15, -0.1) is 0 Å². The molecule has 0 fully saturated rings. The molecule has 2 N–H and O–H groups in total. The average molecular weight is 487 g/mol. The molecule has 1 aliphatic heterocycles. The number of carbonyl (C=O) groups is 1. The maximum Gasteiger partial charge on any atom is 0.255 e. The van der Waals surface area contributed by atoms with Crippen molar-refractivity contribution in [3.05, 3.63) is 108 Å². The van der Waals surface area contributed by atoms with Crippen LogP contribution in [0.5, 0.6) is 11.5 Å². The molecule has 0 radical (unpaired) electrons. The highest BCUT2D eigenvalue weighted by Crippen LogP contribution is 2.34. The molecule has 0 bridgehead atoms. The molecule has 1 amide bonds. The summed E-state index contributed by atoms with van der Waals surface area (Å²) in [6.45, 7) is 0.378. The first-order valence-corrected chi connectivity index (χ1v) is 12.4. The molecule has 7 nitrogen and oxygen atoms in total. The topological polar surface area (TPSA) is 93.7 Å². The van der Waals surface area contributed by atoms with Gasteiger partial charge in [-0.2, -0.15) is 0 Å². The van der Waals surface area contributed by atoms with E-state index in [0.717, 1.165) is 16.7 Å². The lowest BCUT2D eigenvalue weighted by molar-refractivity contribution is 0.102. The van der Waals surface area contributed by atoms with Crippen molar-refractivity contribution < 1.29 is 22.7 Å². The number of fused-ring (bicyclic) bond motifs is 1. The predicted octanol–water partition coefficient (Wildman–Crippen LogP) is 4.81. The van der Waals surface area contributed by atoms with E-state index in [9.17, 15) is 13.2 Å². The summed E-state index contributed by atoms with van der Waals surface area (Å²) in [5.74, 6) is 0.964. The zero-order chi connectivity index (χ0) is 24.3. The van der Waals surface area contributed by atoms with Crippen LogP contribution in [0.2, 0.25) is 0 Å². The van der Waals surface area contributed by atoms with E-state index in [1.54, 1.807) is 60.7 Å². The minimum Gasteiger partial charge on any atom is -0.454 e. The summed E-state index contributed by atoms with van der Waals surface area (Å²) in [6, 6.07) is 28.3. The lowest BCUT2D eigenvalue weighted by Gasteiger charge is -2.10. The number of benzene rings is 4. The van der Waals surface area contributed by atoms with Gasteiger partial charge < -0.3 is 14.8 Å². The van der Waals surface area contributed by atoms with E-state index < -0.39 is 10.0 Å². The molecule has 5 rings (SSSR count). The number of nitrogens with one attached hydrogen (secondary N) is 2. The van der Waals surface area contributed by atoms with Crippen molar-refractivity contribution in [2.24, 2.45) is 0 Å². The molecular weight excluding hydrogens is 464 g/mol. The zero-order valence-corrected chi connectivity index (χ0v) is 19.4. The molecule has 1 heterocycles. The van der Waals surface area contributed by atoms with Gasteiger partial charge in [0.1, 0.15) is 0 Å². The number of sulfonamides is 1. The van der Waals surface area contributed by atoms with Gasteiger partial charge in [0.05, 0.1) is 4.90 Å². The van der Waals surface area contributed by atoms with Gasteiger partial charge in [-0.3, -0.25) is 4.79 Å². The highest BCUT2D eigenvalue weighted by molar-refractivity contribution is 7.89. The number of carbonyl (C=O) groups excluding carboxylic acids is 1. The molecule has 0 aliphatic carbocycles. The van der Waals surface area contributed by atoms with Crippen LogP contribution in [0, 0.1) is 0 Å². The first-order valence-electron chi connectivity index (χ1n) is 10.9. The Labute approximate surface area is 203 Å². The third kappa shape index (κ3) is 5.18. The van der Waals surface area contributed by atoms with Gasteiger partial charge in [-0.05, 0) is 53.1 Å². The summed E-state index contributed by atoms with van der Waals surface area (Å²) >= 11 is 0. The minimum absolute atomic E-state index is 0.165. The van der Waals surface area contributed by atoms with Crippen LogP contribution in [0.1, 0.15) is 15.9 Å². The second-order valence-electron chi connectivity index (χ2n) is 7.94. The maximum atomic E-state index is 12.8. The van der Waals surface area contributed by atoms with Crippen molar-refractivity contribution in [1.29, 1.82) is 0 Å². The van der Waals surface area contributed by atoms with E-state index in [2.05, 4.69) is 10.0 Å². The van der Waals surface area contributed by atoms with E-state index in [1.807, 2.05) is 36.4 Å². The van der Waals surface area contributed by atoms with E-state index >= 15 is 0 Å². The third-order valence-electron chi connectivity index (χ3n) is 5.56. The summed E-state index contributed by atoms with van der Waals surface area (Å²) in [5.41, 5.74) is 3.54. The van der Waals surface area contributed by atoms with Crippen LogP contribution in [0.3, 0.4) is 0 Å². The molecule has 0 saturated carbocycles. The minimum atomic E-state index is -3.65. The Bertz CT molecular complexity index is 1470. The van der Waals surface area contributed by atoms with Crippen molar-refractivity contribution in [1.82, 2.24) is 4.72 Å². The van der Waals surface area contributed by atoms with Crippen molar-refractivity contribution in [3.8, 4) is 22.6 Å². The highest BCUT2D eigenvalue weighted by Gasteiger charge is 2.16. The number of amides is 1. The first kappa shape index (κ1) is 22.6. The highest BCUT2D eigenvalue weighted by atomic mass is 32.2. The van der Waals surface area contributed by atoms with Gasteiger partial charge in [-0.1, -0.05) is 54.6 Å². The van der Waals surface area contributed by atoms with Gasteiger partial charge >= 0.3 is 0 Å². The molecule has 176 valence electrons. The zero-order valence-electron chi connectivity index (χ0n) is 18.6. The van der Waals surface area contributed by atoms with E-state index in [0.29, 0.717) is 22.7 Å². The second-order valence-corrected chi connectivity index (χ2v) is 9.70. The van der Waals surface area contributed by atoms with Gasteiger partial charge in [0.15, 0.2) is 11.5 Å². The van der Waals surface area contributed by atoms with Crippen LogP contribution in [0.4, 0.5) is 5.69 Å². The summed E-state index contributed by atoms with van der Waals surface area (Å²) in [5, 5.41) is 2.86. The summed E-state index contributed by atoms with van der Waals surface area (Å²) in [7, 11) is -3.65. The number of anilines is 1. The van der Waals surface area contributed by atoms with Crippen LogP contribution in [0.25, 0.3) is 11.1 Å². The number of rotatable bonds is 7. The van der Waals surface area contributed by atoms with Crippen molar-refractivity contribution >= 4 is 21.6 Å². The monoisotopic (exact) mass is 486 g/mol. The van der Waals surface area contributed by atoms with Gasteiger partial charge in [-0.25, -0.2) is 13.1 Å². The van der Waals surface area contributed by atoms with Crippen molar-refractivity contribution in [3.63, 3.8) is 0 Å². The quantitative estimate of drug-likeness (QED) is 0.391. The lowest BCUT2D eigenvalue weighted by Crippen LogP contribution is -2.23. The predicted molar refractivity (Wildman–Crippen MR) is 133 cm³/mol. The largest absolute Gasteiger partial charge is 0.454 e. The molecule has 1 aliphatic rings. The molecule has 8 heteroatoms. The molecule has 0 spiro atoms. The molecule has 0 aromatic heterocycles. The Morgan fingerprint density at radius 3 is 2.34 bits per heavy atom. The molecule has 35 heavy (non-hydrogen) atoms. The Hall–Kier alpha value is -4.14. The van der Waals surface area contributed by atoms with E-state index in [4.69, 9.17) is 9.47 Å². The van der Waals surface area contributed by atoms with Gasteiger partial charge in [0.25, 0.3) is 5.91 Å².